The lowest BCUT2D eigenvalue weighted by molar-refractivity contribution is -0.199. The molecule has 2 rings (SSSR count). The van der Waals surface area contributed by atoms with Gasteiger partial charge in [-0.25, -0.2) is 0 Å². The molecule has 1 aromatic heterocycles. The molecule has 1 saturated carbocycles. The largest absolute Gasteiger partial charge is 0.495 e. The maximum Gasteiger partial charge on any atom is 0.392 e. The first-order valence-corrected chi connectivity index (χ1v) is 7.00. The van der Waals surface area contributed by atoms with E-state index >= 15 is 0 Å². The zero-order valence-electron chi connectivity index (χ0n) is 11.9. The first-order chi connectivity index (χ1) is 9.99. The second-order valence-electron chi connectivity index (χ2n) is 5.33. The number of methoxy groups -OCH3 is 1. The molecule has 0 aliphatic heterocycles. The Balaban J connectivity index is 2.34. The number of nitrogens with one attached hydrogen (secondary N) is 1. The van der Waals surface area contributed by atoms with Crippen LogP contribution in [-0.4, -0.2) is 18.3 Å². The number of hydrogen-bond acceptors (Lipinski definition) is 4. The van der Waals surface area contributed by atoms with Crippen molar-refractivity contribution in [2.75, 3.05) is 7.11 Å². The van der Waals surface area contributed by atoms with Crippen LogP contribution in [0.2, 0.25) is 0 Å². The van der Waals surface area contributed by atoms with E-state index in [0.29, 0.717) is 24.3 Å². The van der Waals surface area contributed by atoms with E-state index in [-0.39, 0.29) is 6.42 Å². The zero-order valence-corrected chi connectivity index (χ0v) is 11.9. The van der Waals surface area contributed by atoms with Crippen LogP contribution >= 0.6 is 0 Å². The molecule has 0 bridgehead atoms. The molecular formula is C14H20F3N3O. The van der Waals surface area contributed by atoms with Gasteiger partial charge in [0.05, 0.1) is 19.1 Å². The molecule has 3 atom stereocenters. The van der Waals surface area contributed by atoms with Gasteiger partial charge in [0.15, 0.2) is 0 Å². The van der Waals surface area contributed by atoms with Crippen LogP contribution in [-0.2, 0) is 0 Å². The minimum atomic E-state index is -4.22. The smallest absolute Gasteiger partial charge is 0.392 e. The second kappa shape index (κ2) is 6.62. The first kappa shape index (κ1) is 16.0. The lowest BCUT2D eigenvalue weighted by Crippen LogP contribution is -2.43. The number of pyridine rings is 1. The van der Waals surface area contributed by atoms with Crippen molar-refractivity contribution in [2.24, 2.45) is 17.7 Å². The minimum Gasteiger partial charge on any atom is -0.495 e. The van der Waals surface area contributed by atoms with E-state index in [1.807, 2.05) is 0 Å². The number of halogens is 3. The van der Waals surface area contributed by atoms with Gasteiger partial charge < -0.3 is 4.74 Å². The van der Waals surface area contributed by atoms with Crippen molar-refractivity contribution < 1.29 is 17.9 Å². The summed E-state index contributed by atoms with van der Waals surface area (Å²) in [5.41, 5.74) is 2.96. The molecule has 3 N–H and O–H groups in total. The third-order valence-corrected chi connectivity index (χ3v) is 4.16. The summed E-state index contributed by atoms with van der Waals surface area (Å²) in [5, 5.41) is 0. The van der Waals surface area contributed by atoms with Crippen LogP contribution in [0.25, 0.3) is 0 Å². The van der Waals surface area contributed by atoms with Crippen molar-refractivity contribution in [1.82, 2.24) is 10.4 Å². The number of alkyl halides is 3. The topological polar surface area (TPSA) is 60.2 Å². The average Bonchev–Trinajstić information content (AvgIpc) is 2.48. The lowest BCUT2D eigenvalue weighted by atomic mass is 9.74. The summed E-state index contributed by atoms with van der Waals surface area (Å²) in [7, 11) is 1.47. The van der Waals surface area contributed by atoms with Gasteiger partial charge in [0, 0.05) is 6.20 Å². The van der Waals surface area contributed by atoms with Crippen LogP contribution in [0.4, 0.5) is 13.2 Å². The van der Waals surface area contributed by atoms with E-state index in [4.69, 9.17) is 10.6 Å². The predicted molar refractivity (Wildman–Crippen MR) is 72.4 cm³/mol. The summed E-state index contributed by atoms with van der Waals surface area (Å²) in [6.07, 6.45) is -0.710. The fourth-order valence-corrected chi connectivity index (χ4v) is 3.18. The van der Waals surface area contributed by atoms with Crippen molar-refractivity contribution in [2.45, 2.75) is 37.9 Å². The Labute approximate surface area is 121 Å². The Morgan fingerprint density at radius 2 is 2.10 bits per heavy atom. The SMILES string of the molecule is COc1cccnc1C(NN)C1CCCCC1C(F)(F)F. The predicted octanol–water partition coefficient (Wildman–Crippen LogP) is 2.96. The molecule has 1 aromatic rings. The fraction of sp³-hybridized carbons (Fsp3) is 0.643. The maximum absolute atomic E-state index is 13.3. The first-order valence-electron chi connectivity index (χ1n) is 7.00. The van der Waals surface area contributed by atoms with E-state index in [2.05, 4.69) is 10.4 Å². The number of nitrogens with zero attached hydrogens (tertiary/aromatic N) is 1. The Morgan fingerprint density at radius 1 is 1.38 bits per heavy atom. The van der Waals surface area contributed by atoms with Crippen LogP contribution in [0.15, 0.2) is 18.3 Å². The van der Waals surface area contributed by atoms with Crippen molar-refractivity contribution in [3.8, 4) is 5.75 Å². The highest BCUT2D eigenvalue weighted by Gasteiger charge is 2.48. The standard InChI is InChI=1S/C14H20F3N3O/c1-21-11-7-4-8-19-13(11)12(20-18)9-5-2-3-6-10(9)14(15,16)17/h4,7-10,12,20H,2-3,5-6,18H2,1H3. The summed E-state index contributed by atoms with van der Waals surface area (Å²) < 4.78 is 45.0. The summed E-state index contributed by atoms with van der Waals surface area (Å²) in [6.45, 7) is 0. The molecule has 1 aliphatic carbocycles. The Morgan fingerprint density at radius 3 is 2.71 bits per heavy atom. The molecule has 0 aromatic carbocycles. The normalized spacial score (nSPS) is 24.6. The Hall–Kier alpha value is -1.34. The van der Waals surface area contributed by atoms with Gasteiger partial charge in [-0.2, -0.15) is 13.2 Å². The molecule has 1 heterocycles. The van der Waals surface area contributed by atoms with Gasteiger partial charge in [0.25, 0.3) is 0 Å². The highest BCUT2D eigenvalue weighted by Crippen LogP contribution is 2.47. The molecule has 1 fully saturated rings. The fourth-order valence-electron chi connectivity index (χ4n) is 3.18. The molecule has 4 nitrogen and oxygen atoms in total. The van der Waals surface area contributed by atoms with E-state index in [9.17, 15) is 13.2 Å². The highest BCUT2D eigenvalue weighted by molar-refractivity contribution is 5.30. The van der Waals surface area contributed by atoms with Crippen molar-refractivity contribution in [3.63, 3.8) is 0 Å². The summed E-state index contributed by atoms with van der Waals surface area (Å²) >= 11 is 0. The van der Waals surface area contributed by atoms with Crippen LogP contribution in [0.5, 0.6) is 5.75 Å². The summed E-state index contributed by atoms with van der Waals surface area (Å²) in [6, 6.07) is 2.68. The van der Waals surface area contributed by atoms with Gasteiger partial charge >= 0.3 is 6.18 Å². The maximum atomic E-state index is 13.3. The van der Waals surface area contributed by atoms with Gasteiger partial charge in [0.2, 0.25) is 0 Å². The number of aromatic nitrogens is 1. The van der Waals surface area contributed by atoms with E-state index in [1.165, 1.54) is 13.3 Å². The lowest BCUT2D eigenvalue weighted by Gasteiger charge is -2.37. The van der Waals surface area contributed by atoms with Crippen molar-refractivity contribution in [1.29, 1.82) is 0 Å². The number of nitrogens with two attached hydrogens (primary N) is 1. The molecule has 118 valence electrons. The summed E-state index contributed by atoms with van der Waals surface area (Å²) in [5.74, 6) is 4.01. The van der Waals surface area contributed by atoms with Gasteiger partial charge in [-0.15, -0.1) is 0 Å². The third-order valence-electron chi connectivity index (χ3n) is 4.16. The van der Waals surface area contributed by atoms with Gasteiger partial charge in [0.1, 0.15) is 11.4 Å². The van der Waals surface area contributed by atoms with Crippen LogP contribution in [0.3, 0.4) is 0 Å². The van der Waals surface area contributed by atoms with Gasteiger partial charge in [-0.3, -0.25) is 16.3 Å². The van der Waals surface area contributed by atoms with E-state index < -0.39 is 24.1 Å². The second-order valence-corrected chi connectivity index (χ2v) is 5.33. The summed E-state index contributed by atoms with van der Waals surface area (Å²) in [4.78, 5) is 4.18. The average molecular weight is 303 g/mol. The quantitative estimate of drug-likeness (QED) is 0.663. The van der Waals surface area contributed by atoms with E-state index in [0.717, 1.165) is 6.42 Å². The molecule has 3 unspecified atom stereocenters. The van der Waals surface area contributed by atoms with Crippen LogP contribution < -0.4 is 16.0 Å². The molecule has 7 heteroatoms. The van der Waals surface area contributed by atoms with Crippen molar-refractivity contribution in [3.05, 3.63) is 24.0 Å². The molecule has 0 spiro atoms. The van der Waals surface area contributed by atoms with Crippen LogP contribution in [0.1, 0.15) is 37.4 Å². The minimum absolute atomic E-state index is 0.140. The van der Waals surface area contributed by atoms with Gasteiger partial charge in [-0.1, -0.05) is 12.8 Å². The van der Waals surface area contributed by atoms with E-state index in [1.54, 1.807) is 12.1 Å². The molecule has 1 aliphatic rings. The van der Waals surface area contributed by atoms with Gasteiger partial charge in [-0.05, 0) is 30.9 Å². The molecule has 0 saturated heterocycles. The van der Waals surface area contributed by atoms with Crippen molar-refractivity contribution >= 4 is 0 Å². The number of rotatable bonds is 4. The third kappa shape index (κ3) is 3.47. The molecule has 0 amide bonds. The van der Waals surface area contributed by atoms with Crippen LogP contribution in [0, 0.1) is 11.8 Å². The monoisotopic (exact) mass is 303 g/mol. The zero-order chi connectivity index (χ0) is 15.5. The number of hydrazine groups is 1. The number of hydrogen-bond donors (Lipinski definition) is 2. The molecule has 21 heavy (non-hydrogen) atoms. The molecular weight excluding hydrogens is 283 g/mol. The highest BCUT2D eigenvalue weighted by atomic mass is 19.4. The Bertz CT molecular complexity index is 467. The molecule has 0 radical (unpaired) electrons. The Kier molecular flexibility index (Phi) is 5.05. The number of ether oxygens (including phenoxy) is 1.